The summed E-state index contributed by atoms with van der Waals surface area (Å²) in [5.41, 5.74) is 1.57. The van der Waals surface area contributed by atoms with Crippen LogP contribution in [0.1, 0.15) is 24.1 Å². The summed E-state index contributed by atoms with van der Waals surface area (Å²) in [6.07, 6.45) is 2.62. The Hall–Kier alpha value is -3.22. The quantitative estimate of drug-likeness (QED) is 0.505. The number of halogens is 2. The lowest BCUT2D eigenvalue weighted by Crippen LogP contribution is -2.33. The van der Waals surface area contributed by atoms with E-state index in [1.165, 1.54) is 35.2 Å². The van der Waals surface area contributed by atoms with Crippen LogP contribution >= 0.6 is 0 Å². The van der Waals surface area contributed by atoms with E-state index in [2.05, 4.69) is 4.74 Å². The smallest absolute Gasteiger partial charge is 0.387 e. The van der Waals surface area contributed by atoms with Gasteiger partial charge in [-0.1, -0.05) is 42.5 Å². The molecule has 0 aliphatic carbocycles. The van der Waals surface area contributed by atoms with E-state index in [0.717, 1.165) is 11.6 Å². The number of amides is 1. The van der Waals surface area contributed by atoms with Crippen molar-refractivity contribution < 1.29 is 27.8 Å². The minimum atomic E-state index is -2.89. The molecule has 7 heteroatoms. The number of ether oxygens (including phenoxy) is 2. The van der Waals surface area contributed by atoms with Gasteiger partial charge in [0.05, 0.1) is 6.04 Å². The molecule has 0 aliphatic heterocycles. The second-order valence-electron chi connectivity index (χ2n) is 5.98. The predicted molar refractivity (Wildman–Crippen MR) is 101 cm³/mol. The van der Waals surface area contributed by atoms with Gasteiger partial charge in [0.2, 0.25) is 0 Å². The van der Waals surface area contributed by atoms with Crippen LogP contribution < -0.4 is 4.74 Å². The van der Waals surface area contributed by atoms with Gasteiger partial charge in [0.1, 0.15) is 5.75 Å². The van der Waals surface area contributed by atoms with E-state index in [0.29, 0.717) is 5.56 Å². The second kappa shape index (κ2) is 10.2. The highest BCUT2D eigenvalue weighted by molar-refractivity contribution is 5.89. The molecule has 0 radical (unpaired) electrons. The van der Waals surface area contributed by atoms with E-state index in [4.69, 9.17) is 4.74 Å². The molecule has 1 amide bonds. The van der Waals surface area contributed by atoms with Crippen molar-refractivity contribution >= 4 is 18.0 Å². The first-order valence-corrected chi connectivity index (χ1v) is 8.57. The topological polar surface area (TPSA) is 55.8 Å². The number of hydrogen-bond acceptors (Lipinski definition) is 4. The van der Waals surface area contributed by atoms with Gasteiger partial charge in [-0.15, -0.1) is 0 Å². The van der Waals surface area contributed by atoms with Crippen molar-refractivity contribution in [1.82, 2.24) is 4.90 Å². The number of hydrogen-bond donors (Lipinski definition) is 0. The van der Waals surface area contributed by atoms with Gasteiger partial charge in [0, 0.05) is 13.1 Å². The van der Waals surface area contributed by atoms with E-state index >= 15 is 0 Å². The Kier molecular flexibility index (Phi) is 7.68. The Morgan fingerprint density at radius 2 is 1.71 bits per heavy atom. The van der Waals surface area contributed by atoms with Crippen LogP contribution in [0.5, 0.6) is 5.75 Å². The highest BCUT2D eigenvalue weighted by atomic mass is 19.3. The van der Waals surface area contributed by atoms with Crippen molar-refractivity contribution in [3.8, 4) is 5.75 Å². The fourth-order valence-corrected chi connectivity index (χ4v) is 2.38. The third-order valence-electron chi connectivity index (χ3n) is 4.11. The van der Waals surface area contributed by atoms with Crippen LogP contribution in [0, 0.1) is 0 Å². The van der Waals surface area contributed by atoms with Gasteiger partial charge < -0.3 is 14.4 Å². The minimum Gasteiger partial charge on any atom is -0.452 e. The van der Waals surface area contributed by atoms with Crippen molar-refractivity contribution in [1.29, 1.82) is 0 Å². The van der Waals surface area contributed by atoms with Gasteiger partial charge in [-0.2, -0.15) is 8.78 Å². The Bertz CT molecular complexity index is 807. The molecular formula is C21H21F2NO4. The summed E-state index contributed by atoms with van der Waals surface area (Å²) >= 11 is 0. The third kappa shape index (κ3) is 6.50. The third-order valence-corrected chi connectivity index (χ3v) is 4.11. The molecule has 0 saturated heterocycles. The molecule has 1 atom stereocenters. The summed E-state index contributed by atoms with van der Waals surface area (Å²) in [7, 11) is 1.65. The Balaban J connectivity index is 1.82. The molecule has 0 spiro atoms. The zero-order valence-corrected chi connectivity index (χ0v) is 15.5. The molecule has 2 rings (SSSR count). The first kappa shape index (κ1) is 21.1. The van der Waals surface area contributed by atoms with Gasteiger partial charge in [-0.25, -0.2) is 4.79 Å². The van der Waals surface area contributed by atoms with Crippen LogP contribution in [0.15, 0.2) is 60.7 Å². The van der Waals surface area contributed by atoms with Gasteiger partial charge in [0.25, 0.3) is 5.91 Å². The van der Waals surface area contributed by atoms with E-state index in [-0.39, 0.29) is 24.3 Å². The number of carbonyl (C=O) groups is 2. The van der Waals surface area contributed by atoms with E-state index in [9.17, 15) is 18.4 Å². The summed E-state index contributed by atoms with van der Waals surface area (Å²) in [5, 5.41) is 0. The number of rotatable bonds is 8. The fourth-order valence-electron chi connectivity index (χ4n) is 2.38. The van der Waals surface area contributed by atoms with Gasteiger partial charge >= 0.3 is 12.6 Å². The Morgan fingerprint density at radius 3 is 2.32 bits per heavy atom. The normalized spacial score (nSPS) is 12.0. The van der Waals surface area contributed by atoms with E-state index in [1.807, 2.05) is 37.3 Å². The standard InChI is InChI=1S/C21H21F2NO4/c1-15(17-6-4-3-5-7-17)24(2)19(25)14-27-20(26)13-10-16-8-11-18(12-9-16)28-21(22)23/h3-13,15,21H,14H2,1-2H3/b13-10+. The SMILES string of the molecule is CC(c1ccccc1)N(C)C(=O)COC(=O)/C=C/c1ccc(OC(F)F)cc1. The van der Waals surface area contributed by atoms with E-state index < -0.39 is 12.6 Å². The molecule has 0 bridgehead atoms. The summed E-state index contributed by atoms with van der Waals surface area (Å²) in [5.74, 6) is -0.982. The fraction of sp³-hybridized carbons (Fsp3) is 0.238. The number of alkyl halides is 2. The largest absolute Gasteiger partial charge is 0.452 e. The number of nitrogens with zero attached hydrogens (tertiary/aromatic N) is 1. The molecule has 5 nitrogen and oxygen atoms in total. The molecule has 2 aromatic rings. The molecule has 0 fully saturated rings. The average molecular weight is 389 g/mol. The van der Waals surface area contributed by atoms with Crippen molar-refractivity contribution in [3.05, 3.63) is 71.8 Å². The van der Waals surface area contributed by atoms with E-state index in [1.54, 1.807) is 7.05 Å². The maximum atomic E-state index is 12.2. The molecule has 2 aromatic carbocycles. The first-order chi connectivity index (χ1) is 13.4. The zero-order chi connectivity index (χ0) is 20.5. The maximum absolute atomic E-state index is 12.2. The Labute approximate surface area is 162 Å². The number of esters is 1. The van der Waals surface area contributed by atoms with Crippen molar-refractivity contribution in [2.45, 2.75) is 19.6 Å². The highest BCUT2D eigenvalue weighted by Gasteiger charge is 2.18. The molecule has 28 heavy (non-hydrogen) atoms. The van der Waals surface area contributed by atoms with Crippen LogP contribution in [0.2, 0.25) is 0 Å². The number of likely N-dealkylation sites (N-methyl/N-ethyl adjacent to an activating group) is 1. The minimum absolute atomic E-state index is 0.0240. The Morgan fingerprint density at radius 1 is 1.07 bits per heavy atom. The molecule has 0 N–H and O–H groups in total. The molecular weight excluding hydrogens is 368 g/mol. The maximum Gasteiger partial charge on any atom is 0.387 e. The molecule has 0 aromatic heterocycles. The number of carbonyl (C=O) groups excluding carboxylic acids is 2. The summed E-state index contributed by atoms with van der Waals surface area (Å²) < 4.78 is 33.4. The first-order valence-electron chi connectivity index (χ1n) is 8.57. The predicted octanol–water partition coefficient (Wildman–Crippen LogP) is 4.06. The number of benzene rings is 2. The van der Waals surface area contributed by atoms with Crippen LogP contribution in [0.4, 0.5) is 8.78 Å². The van der Waals surface area contributed by atoms with Crippen molar-refractivity contribution in [3.63, 3.8) is 0 Å². The van der Waals surface area contributed by atoms with Crippen LogP contribution in [0.3, 0.4) is 0 Å². The van der Waals surface area contributed by atoms with Crippen LogP contribution in [-0.2, 0) is 14.3 Å². The highest BCUT2D eigenvalue weighted by Crippen LogP contribution is 2.18. The zero-order valence-electron chi connectivity index (χ0n) is 15.5. The summed E-state index contributed by atoms with van der Waals surface area (Å²) in [6.45, 7) is -1.38. The molecule has 0 aliphatic rings. The summed E-state index contributed by atoms with van der Waals surface area (Å²) in [6, 6.07) is 15.1. The monoisotopic (exact) mass is 389 g/mol. The van der Waals surface area contributed by atoms with Crippen LogP contribution in [0.25, 0.3) is 6.08 Å². The lowest BCUT2D eigenvalue weighted by Gasteiger charge is -2.25. The van der Waals surface area contributed by atoms with Crippen molar-refractivity contribution in [2.24, 2.45) is 0 Å². The molecule has 0 heterocycles. The summed E-state index contributed by atoms with van der Waals surface area (Å²) in [4.78, 5) is 25.5. The second-order valence-corrected chi connectivity index (χ2v) is 5.98. The van der Waals surface area contributed by atoms with Crippen molar-refractivity contribution in [2.75, 3.05) is 13.7 Å². The molecule has 0 saturated carbocycles. The lowest BCUT2D eigenvalue weighted by molar-refractivity contribution is -0.148. The lowest BCUT2D eigenvalue weighted by atomic mass is 10.1. The molecule has 1 unspecified atom stereocenters. The van der Waals surface area contributed by atoms with Gasteiger partial charge in [-0.05, 0) is 36.3 Å². The van der Waals surface area contributed by atoms with Gasteiger partial charge in [0.15, 0.2) is 6.61 Å². The van der Waals surface area contributed by atoms with Gasteiger partial charge in [-0.3, -0.25) is 4.79 Å². The molecule has 148 valence electrons. The van der Waals surface area contributed by atoms with Crippen LogP contribution in [-0.4, -0.2) is 37.0 Å². The average Bonchev–Trinajstić information content (AvgIpc) is 2.70.